The van der Waals surface area contributed by atoms with Crippen LogP contribution in [0.1, 0.15) is 49.4 Å². The molecule has 2 aromatic carbocycles. The fourth-order valence-electron chi connectivity index (χ4n) is 3.91. The van der Waals surface area contributed by atoms with E-state index in [0.29, 0.717) is 17.7 Å². The number of amides is 1. The zero-order valence-corrected chi connectivity index (χ0v) is 19.3. The molecular weight excluding hydrogens is 464 g/mol. The van der Waals surface area contributed by atoms with Gasteiger partial charge in [-0.05, 0) is 29.6 Å². The van der Waals surface area contributed by atoms with Gasteiger partial charge in [-0.1, -0.05) is 54.6 Å². The predicted octanol–water partition coefficient (Wildman–Crippen LogP) is 5.11. The molecule has 0 fully saturated rings. The lowest BCUT2D eigenvalue weighted by Gasteiger charge is -2.19. The number of furan rings is 1. The summed E-state index contributed by atoms with van der Waals surface area (Å²) in [5.74, 6) is -0.946. The third-order valence-corrected chi connectivity index (χ3v) is 6.52. The summed E-state index contributed by atoms with van der Waals surface area (Å²) in [6.07, 6.45) is 2.03. The molecule has 5 rings (SSSR count). The molecule has 7 nitrogen and oxygen atoms in total. The molecule has 174 valence electrons. The van der Waals surface area contributed by atoms with Crippen LogP contribution in [0.2, 0.25) is 0 Å². The average Bonchev–Trinajstić information content (AvgIpc) is 3.68. The summed E-state index contributed by atoms with van der Waals surface area (Å²) < 4.78 is 10.9. The van der Waals surface area contributed by atoms with Crippen LogP contribution in [0.15, 0.2) is 100 Å². The largest absolute Gasteiger partial charge is 0.467 e. The van der Waals surface area contributed by atoms with Crippen molar-refractivity contribution in [3.8, 4) is 0 Å². The zero-order valence-electron chi connectivity index (χ0n) is 18.5. The highest BCUT2D eigenvalue weighted by Gasteiger charge is 2.35. The molecule has 2 aromatic heterocycles. The first kappa shape index (κ1) is 22.5. The molecule has 1 aliphatic rings. The Bertz CT molecular complexity index is 1380. The maximum atomic E-state index is 13.1. The van der Waals surface area contributed by atoms with E-state index in [1.165, 1.54) is 22.4 Å². The number of hydrogen-bond donors (Lipinski definition) is 0. The lowest BCUT2D eigenvalue weighted by atomic mass is 9.98. The topological polar surface area (TPSA) is 89.2 Å². The molecule has 1 amide bonds. The van der Waals surface area contributed by atoms with E-state index in [9.17, 15) is 14.4 Å². The van der Waals surface area contributed by atoms with Crippen LogP contribution in [-0.2, 0) is 9.53 Å². The van der Waals surface area contributed by atoms with Crippen molar-refractivity contribution in [3.05, 3.63) is 118 Å². The summed E-state index contributed by atoms with van der Waals surface area (Å²) in [4.78, 5) is 39.9. The number of esters is 1. The van der Waals surface area contributed by atoms with E-state index in [-0.39, 0.29) is 16.9 Å². The van der Waals surface area contributed by atoms with Crippen LogP contribution in [0.5, 0.6) is 0 Å². The van der Waals surface area contributed by atoms with Crippen molar-refractivity contribution in [1.82, 2.24) is 5.01 Å². The van der Waals surface area contributed by atoms with Gasteiger partial charge < -0.3 is 9.15 Å². The number of rotatable bonds is 7. The number of ketones is 1. The summed E-state index contributed by atoms with van der Waals surface area (Å²) >= 11 is 1.53. The summed E-state index contributed by atoms with van der Waals surface area (Å²) in [5.41, 5.74) is 1.53. The summed E-state index contributed by atoms with van der Waals surface area (Å²) in [7, 11) is 0. The molecule has 3 heterocycles. The molecule has 0 saturated carbocycles. The molecule has 0 aliphatic carbocycles. The minimum Gasteiger partial charge on any atom is -0.467 e. The van der Waals surface area contributed by atoms with Crippen LogP contribution in [0, 0.1) is 0 Å². The van der Waals surface area contributed by atoms with Crippen molar-refractivity contribution in [2.75, 3.05) is 6.61 Å². The molecule has 4 aromatic rings. The Labute approximate surface area is 205 Å². The van der Waals surface area contributed by atoms with Crippen molar-refractivity contribution in [3.63, 3.8) is 0 Å². The maximum Gasteiger partial charge on any atom is 0.339 e. The number of benzene rings is 2. The van der Waals surface area contributed by atoms with Crippen LogP contribution >= 0.6 is 11.3 Å². The first-order chi connectivity index (χ1) is 17.1. The minimum atomic E-state index is -0.755. The SMILES string of the molecule is O=C(OCC(=O)N1N=C(c2cccs2)CC1c1ccco1)c1ccccc1C(=O)c1ccccc1. The van der Waals surface area contributed by atoms with E-state index in [2.05, 4.69) is 5.10 Å². The molecule has 35 heavy (non-hydrogen) atoms. The van der Waals surface area contributed by atoms with Crippen LogP contribution in [0.3, 0.4) is 0 Å². The Hall–Kier alpha value is -4.30. The molecule has 0 bridgehead atoms. The van der Waals surface area contributed by atoms with E-state index < -0.39 is 24.5 Å². The average molecular weight is 485 g/mol. The van der Waals surface area contributed by atoms with Gasteiger partial charge in [-0.2, -0.15) is 5.10 Å². The zero-order chi connectivity index (χ0) is 24.2. The van der Waals surface area contributed by atoms with Crippen LogP contribution < -0.4 is 0 Å². The summed E-state index contributed by atoms with van der Waals surface area (Å²) in [6.45, 7) is -0.523. The monoisotopic (exact) mass is 484 g/mol. The second kappa shape index (κ2) is 9.90. The fourth-order valence-corrected chi connectivity index (χ4v) is 4.63. The van der Waals surface area contributed by atoms with Crippen LogP contribution in [0.4, 0.5) is 0 Å². The maximum absolute atomic E-state index is 13.1. The van der Waals surface area contributed by atoms with E-state index >= 15 is 0 Å². The number of ether oxygens (including phenoxy) is 1. The predicted molar refractivity (Wildman–Crippen MR) is 130 cm³/mol. The Kier molecular flexibility index (Phi) is 6.36. The van der Waals surface area contributed by atoms with Crippen molar-refractivity contribution >= 4 is 34.7 Å². The van der Waals surface area contributed by atoms with E-state index in [1.54, 1.807) is 60.9 Å². The van der Waals surface area contributed by atoms with Gasteiger partial charge in [0.1, 0.15) is 11.8 Å². The summed E-state index contributed by atoms with van der Waals surface area (Å²) in [6, 6.07) is 22.0. The van der Waals surface area contributed by atoms with E-state index in [1.807, 2.05) is 23.6 Å². The van der Waals surface area contributed by atoms with Gasteiger partial charge in [-0.25, -0.2) is 9.80 Å². The van der Waals surface area contributed by atoms with Crippen LogP contribution in [0.25, 0.3) is 0 Å². The molecule has 0 radical (unpaired) electrons. The van der Waals surface area contributed by atoms with Gasteiger partial charge in [0.05, 0.1) is 22.4 Å². The Morgan fingerprint density at radius 2 is 1.71 bits per heavy atom. The first-order valence-corrected chi connectivity index (χ1v) is 11.8. The highest BCUT2D eigenvalue weighted by molar-refractivity contribution is 7.12. The molecule has 1 aliphatic heterocycles. The van der Waals surface area contributed by atoms with Gasteiger partial charge in [0.25, 0.3) is 5.91 Å². The molecule has 0 saturated heterocycles. The van der Waals surface area contributed by atoms with Crippen molar-refractivity contribution in [1.29, 1.82) is 0 Å². The second-order valence-corrected chi connectivity index (χ2v) is 8.76. The Morgan fingerprint density at radius 3 is 2.43 bits per heavy atom. The van der Waals surface area contributed by atoms with E-state index in [0.717, 1.165) is 10.6 Å². The fraction of sp³-hybridized carbons (Fsp3) is 0.111. The summed E-state index contributed by atoms with van der Waals surface area (Å²) in [5, 5.41) is 7.76. The number of carbonyl (C=O) groups excluding carboxylic acids is 3. The van der Waals surface area contributed by atoms with Crippen molar-refractivity contribution in [2.24, 2.45) is 5.10 Å². The molecular formula is C27H20N2O5S. The van der Waals surface area contributed by atoms with Gasteiger partial charge in [-0.15, -0.1) is 11.3 Å². The van der Waals surface area contributed by atoms with Gasteiger partial charge >= 0.3 is 5.97 Å². The number of carbonyl (C=O) groups is 3. The van der Waals surface area contributed by atoms with Gasteiger partial charge in [0.15, 0.2) is 12.4 Å². The number of nitrogens with zero attached hydrogens (tertiary/aromatic N) is 2. The first-order valence-electron chi connectivity index (χ1n) is 10.9. The normalized spacial score (nSPS) is 15.0. The second-order valence-electron chi connectivity index (χ2n) is 7.81. The molecule has 0 N–H and O–H groups in total. The Balaban J connectivity index is 1.33. The number of hydrogen-bond acceptors (Lipinski definition) is 7. The minimum absolute atomic E-state index is 0.0981. The Morgan fingerprint density at radius 1 is 0.943 bits per heavy atom. The smallest absolute Gasteiger partial charge is 0.339 e. The standard InChI is InChI=1S/C27H20N2O5S/c30-25(29-22(23-12-6-14-33-23)16-21(28-29)24-13-7-15-35-24)17-34-27(32)20-11-5-4-10-19(20)26(31)18-8-2-1-3-9-18/h1-15,22H,16-17H2. The quantitative estimate of drug-likeness (QED) is 0.269. The lowest BCUT2D eigenvalue weighted by Crippen LogP contribution is -2.31. The van der Waals surface area contributed by atoms with Gasteiger partial charge in [0.2, 0.25) is 0 Å². The highest BCUT2D eigenvalue weighted by atomic mass is 32.1. The van der Waals surface area contributed by atoms with Gasteiger partial charge in [0, 0.05) is 17.5 Å². The third-order valence-electron chi connectivity index (χ3n) is 5.60. The van der Waals surface area contributed by atoms with Crippen molar-refractivity contribution in [2.45, 2.75) is 12.5 Å². The van der Waals surface area contributed by atoms with Crippen LogP contribution in [-0.4, -0.2) is 35.0 Å². The molecule has 8 heteroatoms. The third kappa shape index (κ3) is 4.69. The number of hydrazone groups is 1. The molecule has 0 spiro atoms. The molecule has 1 unspecified atom stereocenters. The van der Waals surface area contributed by atoms with E-state index in [4.69, 9.17) is 9.15 Å². The van der Waals surface area contributed by atoms with Gasteiger partial charge in [-0.3, -0.25) is 9.59 Å². The lowest BCUT2D eigenvalue weighted by molar-refractivity contribution is -0.136. The van der Waals surface area contributed by atoms with Crippen molar-refractivity contribution < 1.29 is 23.5 Å². The molecule has 1 atom stereocenters. The highest BCUT2D eigenvalue weighted by Crippen LogP contribution is 2.34. The number of thiophene rings is 1.